The molecule has 0 radical (unpaired) electrons. The topological polar surface area (TPSA) is 62.2 Å². The Labute approximate surface area is 109 Å². The number of hydrogen-bond donors (Lipinski definition) is 2. The Hall–Kier alpha value is -2.43. The summed E-state index contributed by atoms with van der Waals surface area (Å²) in [5.41, 5.74) is 1.19. The van der Waals surface area contributed by atoms with Crippen molar-refractivity contribution in [2.45, 2.75) is 6.42 Å². The third kappa shape index (κ3) is 3.28. The van der Waals surface area contributed by atoms with Gasteiger partial charge >= 0.3 is 5.97 Å². The van der Waals surface area contributed by atoms with Crippen LogP contribution in [0.2, 0.25) is 0 Å². The SMILES string of the molecule is O=C(O)c1ccncc1NCCc1ccccc1F. The summed E-state index contributed by atoms with van der Waals surface area (Å²) in [5, 5.41) is 12.0. The predicted molar refractivity (Wildman–Crippen MR) is 69.8 cm³/mol. The molecule has 2 N–H and O–H groups in total. The summed E-state index contributed by atoms with van der Waals surface area (Å²) >= 11 is 0. The zero-order valence-corrected chi connectivity index (χ0v) is 10.1. The van der Waals surface area contributed by atoms with Gasteiger partial charge in [-0.1, -0.05) is 18.2 Å². The molecule has 0 unspecified atom stereocenters. The van der Waals surface area contributed by atoms with Gasteiger partial charge in [0.1, 0.15) is 5.82 Å². The number of pyridine rings is 1. The van der Waals surface area contributed by atoms with Crippen LogP contribution in [0.4, 0.5) is 10.1 Å². The number of benzene rings is 1. The lowest BCUT2D eigenvalue weighted by Gasteiger charge is -2.09. The molecule has 5 heteroatoms. The molecule has 98 valence electrons. The molecule has 0 aliphatic heterocycles. The molecular weight excluding hydrogens is 247 g/mol. The Balaban J connectivity index is 2.00. The fourth-order valence-electron chi connectivity index (χ4n) is 1.75. The minimum Gasteiger partial charge on any atom is -0.478 e. The molecule has 0 aliphatic rings. The van der Waals surface area contributed by atoms with Crippen LogP contribution < -0.4 is 5.32 Å². The predicted octanol–water partition coefficient (Wildman–Crippen LogP) is 2.57. The number of nitrogens with zero attached hydrogens (tertiary/aromatic N) is 1. The number of nitrogens with one attached hydrogen (secondary N) is 1. The van der Waals surface area contributed by atoms with Gasteiger partial charge in [-0.2, -0.15) is 0 Å². The maximum absolute atomic E-state index is 13.4. The largest absolute Gasteiger partial charge is 0.478 e. The van der Waals surface area contributed by atoms with Crippen molar-refractivity contribution in [2.75, 3.05) is 11.9 Å². The molecule has 19 heavy (non-hydrogen) atoms. The van der Waals surface area contributed by atoms with Crippen LogP contribution in [-0.2, 0) is 6.42 Å². The first kappa shape index (κ1) is 13.0. The van der Waals surface area contributed by atoms with E-state index in [2.05, 4.69) is 10.3 Å². The molecule has 0 saturated carbocycles. The lowest BCUT2D eigenvalue weighted by Crippen LogP contribution is -2.10. The van der Waals surface area contributed by atoms with E-state index in [4.69, 9.17) is 5.11 Å². The van der Waals surface area contributed by atoms with E-state index in [9.17, 15) is 9.18 Å². The van der Waals surface area contributed by atoms with Gasteiger partial charge in [-0.15, -0.1) is 0 Å². The first-order chi connectivity index (χ1) is 9.18. The number of anilines is 1. The molecule has 0 atom stereocenters. The number of carboxylic acid groups (broad SMARTS) is 1. The maximum Gasteiger partial charge on any atom is 0.337 e. The molecule has 0 fully saturated rings. The highest BCUT2D eigenvalue weighted by Gasteiger charge is 2.09. The average Bonchev–Trinajstić information content (AvgIpc) is 2.41. The Morgan fingerprint density at radius 1 is 1.32 bits per heavy atom. The molecule has 0 amide bonds. The summed E-state index contributed by atoms with van der Waals surface area (Å²) in [6, 6.07) is 7.94. The summed E-state index contributed by atoms with van der Waals surface area (Å²) in [7, 11) is 0. The zero-order chi connectivity index (χ0) is 13.7. The van der Waals surface area contributed by atoms with Crippen LogP contribution in [0.1, 0.15) is 15.9 Å². The van der Waals surface area contributed by atoms with Gasteiger partial charge in [-0.25, -0.2) is 9.18 Å². The summed E-state index contributed by atoms with van der Waals surface area (Å²) in [6.45, 7) is 0.437. The van der Waals surface area contributed by atoms with Gasteiger partial charge in [-0.05, 0) is 24.1 Å². The lowest BCUT2D eigenvalue weighted by atomic mass is 10.1. The van der Waals surface area contributed by atoms with E-state index in [1.54, 1.807) is 18.2 Å². The molecule has 1 aromatic heterocycles. The molecule has 0 saturated heterocycles. The average molecular weight is 260 g/mol. The molecule has 2 aromatic rings. The first-order valence-electron chi connectivity index (χ1n) is 5.83. The number of rotatable bonds is 5. The molecule has 4 nitrogen and oxygen atoms in total. The molecule has 1 aromatic carbocycles. The minimum atomic E-state index is -1.02. The molecule has 0 spiro atoms. The molecule has 2 rings (SSSR count). The van der Waals surface area contributed by atoms with Crippen LogP contribution in [0.5, 0.6) is 0 Å². The van der Waals surface area contributed by atoms with E-state index < -0.39 is 5.97 Å². The number of carbonyl (C=O) groups is 1. The van der Waals surface area contributed by atoms with Gasteiger partial charge < -0.3 is 10.4 Å². The van der Waals surface area contributed by atoms with Gasteiger partial charge in [0, 0.05) is 12.7 Å². The summed E-state index contributed by atoms with van der Waals surface area (Å²) in [4.78, 5) is 14.9. The summed E-state index contributed by atoms with van der Waals surface area (Å²) < 4.78 is 13.4. The Kier molecular flexibility index (Phi) is 4.07. The normalized spacial score (nSPS) is 10.2. The number of aromatic nitrogens is 1. The highest BCUT2D eigenvalue weighted by atomic mass is 19.1. The van der Waals surface area contributed by atoms with Crippen LogP contribution in [-0.4, -0.2) is 22.6 Å². The summed E-state index contributed by atoms with van der Waals surface area (Å²) in [5.74, 6) is -1.27. The van der Waals surface area contributed by atoms with E-state index in [0.717, 1.165) is 0 Å². The second-order valence-corrected chi connectivity index (χ2v) is 3.99. The van der Waals surface area contributed by atoms with Crippen molar-refractivity contribution >= 4 is 11.7 Å². The van der Waals surface area contributed by atoms with Gasteiger partial charge in [0.25, 0.3) is 0 Å². The van der Waals surface area contributed by atoms with E-state index in [-0.39, 0.29) is 11.4 Å². The first-order valence-corrected chi connectivity index (χ1v) is 5.83. The monoisotopic (exact) mass is 260 g/mol. The van der Waals surface area contributed by atoms with E-state index in [1.165, 1.54) is 24.5 Å². The quantitative estimate of drug-likeness (QED) is 0.867. The van der Waals surface area contributed by atoms with Crippen LogP contribution >= 0.6 is 0 Å². The van der Waals surface area contributed by atoms with Crippen LogP contribution in [0.15, 0.2) is 42.7 Å². The standard InChI is InChI=1S/C14H13FN2O2/c15-12-4-2-1-3-10(12)5-8-17-13-9-16-7-6-11(13)14(18)19/h1-4,6-7,9,17H,5,8H2,(H,18,19). The minimum absolute atomic E-state index is 0.156. The van der Waals surface area contributed by atoms with Crippen molar-refractivity contribution in [1.29, 1.82) is 0 Å². The van der Waals surface area contributed by atoms with Crippen molar-refractivity contribution in [3.63, 3.8) is 0 Å². The van der Waals surface area contributed by atoms with Gasteiger partial charge in [0.05, 0.1) is 17.4 Å². The van der Waals surface area contributed by atoms with E-state index >= 15 is 0 Å². The molecule has 0 aliphatic carbocycles. The number of hydrogen-bond acceptors (Lipinski definition) is 3. The second-order valence-electron chi connectivity index (χ2n) is 3.99. The third-order valence-corrected chi connectivity index (χ3v) is 2.72. The summed E-state index contributed by atoms with van der Waals surface area (Å²) in [6.07, 6.45) is 3.34. The number of halogens is 1. The highest BCUT2D eigenvalue weighted by Crippen LogP contribution is 2.14. The molecule has 1 heterocycles. The van der Waals surface area contributed by atoms with Gasteiger partial charge in [-0.3, -0.25) is 4.98 Å². The lowest BCUT2D eigenvalue weighted by molar-refractivity contribution is 0.0698. The third-order valence-electron chi connectivity index (χ3n) is 2.72. The smallest absolute Gasteiger partial charge is 0.337 e. The Morgan fingerprint density at radius 2 is 2.11 bits per heavy atom. The molecule has 0 bridgehead atoms. The van der Waals surface area contributed by atoms with Crippen molar-refractivity contribution in [3.05, 3.63) is 59.7 Å². The van der Waals surface area contributed by atoms with E-state index in [0.29, 0.717) is 24.2 Å². The fourth-order valence-corrected chi connectivity index (χ4v) is 1.75. The Bertz CT molecular complexity index is 587. The zero-order valence-electron chi connectivity index (χ0n) is 10.1. The number of aromatic carboxylic acids is 1. The number of carboxylic acids is 1. The van der Waals surface area contributed by atoms with Crippen LogP contribution in [0, 0.1) is 5.82 Å². The van der Waals surface area contributed by atoms with Crippen molar-refractivity contribution in [1.82, 2.24) is 4.98 Å². The highest BCUT2D eigenvalue weighted by molar-refractivity contribution is 5.93. The van der Waals surface area contributed by atoms with Crippen LogP contribution in [0.25, 0.3) is 0 Å². The van der Waals surface area contributed by atoms with Crippen molar-refractivity contribution in [2.24, 2.45) is 0 Å². The van der Waals surface area contributed by atoms with Crippen molar-refractivity contribution < 1.29 is 14.3 Å². The Morgan fingerprint density at radius 3 is 2.84 bits per heavy atom. The van der Waals surface area contributed by atoms with Crippen LogP contribution in [0.3, 0.4) is 0 Å². The fraction of sp³-hybridized carbons (Fsp3) is 0.143. The van der Waals surface area contributed by atoms with Gasteiger partial charge in [0.2, 0.25) is 0 Å². The van der Waals surface area contributed by atoms with Gasteiger partial charge in [0.15, 0.2) is 0 Å². The van der Waals surface area contributed by atoms with E-state index in [1.807, 2.05) is 0 Å². The van der Waals surface area contributed by atoms with Crippen molar-refractivity contribution in [3.8, 4) is 0 Å². The second kappa shape index (κ2) is 5.95. The maximum atomic E-state index is 13.4. The molecular formula is C14H13FN2O2.